The summed E-state index contributed by atoms with van der Waals surface area (Å²) in [7, 11) is 0. The van der Waals surface area contributed by atoms with Gasteiger partial charge in [0.1, 0.15) is 0 Å². The highest BCUT2D eigenvalue weighted by atomic mass is 32.1. The number of aryl methyl sites for hydroxylation is 2. The van der Waals surface area contributed by atoms with Crippen LogP contribution in [0.3, 0.4) is 0 Å². The fraction of sp³-hybridized carbons (Fsp3) is 0.500. The Morgan fingerprint density at radius 2 is 2.19 bits per heavy atom. The fourth-order valence-electron chi connectivity index (χ4n) is 1.72. The van der Waals surface area contributed by atoms with E-state index in [-0.39, 0.29) is 5.11 Å². The molecular weight excluding hydrogens is 222 g/mol. The van der Waals surface area contributed by atoms with Crippen molar-refractivity contribution in [1.29, 1.82) is 0 Å². The molecule has 1 aromatic rings. The maximum absolute atomic E-state index is 5.32. The summed E-state index contributed by atoms with van der Waals surface area (Å²) in [5.41, 5.74) is 11.9. The molecule has 0 saturated heterocycles. The molecule has 0 bridgehead atoms. The number of hydrogen-bond donors (Lipinski definition) is 2. The molecule has 88 valence electrons. The van der Waals surface area contributed by atoms with E-state index in [1.54, 1.807) is 0 Å². The number of nitrogens with zero attached hydrogens (tertiary/aromatic N) is 3. The van der Waals surface area contributed by atoms with Gasteiger partial charge in [-0.1, -0.05) is 0 Å². The van der Waals surface area contributed by atoms with Crippen molar-refractivity contribution >= 4 is 23.0 Å². The van der Waals surface area contributed by atoms with E-state index in [1.807, 2.05) is 25.5 Å². The van der Waals surface area contributed by atoms with Crippen molar-refractivity contribution in [3.63, 3.8) is 0 Å². The van der Waals surface area contributed by atoms with Gasteiger partial charge in [0, 0.05) is 17.8 Å². The van der Waals surface area contributed by atoms with Crippen LogP contribution in [0, 0.1) is 13.8 Å². The highest BCUT2D eigenvalue weighted by molar-refractivity contribution is 7.80. The molecular formula is C10H17N5S. The lowest BCUT2D eigenvalue weighted by molar-refractivity contribution is 0.634. The lowest BCUT2D eigenvalue weighted by atomic mass is 10.1. The van der Waals surface area contributed by atoms with Gasteiger partial charge in [0.05, 0.1) is 11.4 Å². The molecule has 16 heavy (non-hydrogen) atoms. The minimum atomic E-state index is 0.164. The molecule has 1 rings (SSSR count). The molecule has 1 aromatic heterocycles. The minimum absolute atomic E-state index is 0.164. The number of thiocarbonyl (C=S) groups is 1. The van der Waals surface area contributed by atoms with Gasteiger partial charge in [0.15, 0.2) is 5.11 Å². The number of hydrazone groups is 1. The minimum Gasteiger partial charge on any atom is -0.375 e. The molecule has 0 saturated carbocycles. The Kier molecular flexibility index (Phi) is 4.00. The van der Waals surface area contributed by atoms with Gasteiger partial charge < -0.3 is 5.73 Å². The molecule has 0 atom stereocenters. The van der Waals surface area contributed by atoms with Crippen LogP contribution >= 0.6 is 12.2 Å². The first kappa shape index (κ1) is 12.6. The normalized spacial score (nSPS) is 11.6. The van der Waals surface area contributed by atoms with Crippen LogP contribution in [-0.4, -0.2) is 20.6 Å². The van der Waals surface area contributed by atoms with Gasteiger partial charge in [-0.2, -0.15) is 10.2 Å². The first-order valence-corrected chi connectivity index (χ1v) is 5.52. The van der Waals surface area contributed by atoms with Crippen LogP contribution in [0.15, 0.2) is 5.10 Å². The first-order valence-electron chi connectivity index (χ1n) is 5.11. The van der Waals surface area contributed by atoms with Crippen molar-refractivity contribution in [2.24, 2.45) is 10.8 Å². The fourth-order valence-corrected chi connectivity index (χ4v) is 1.77. The Bertz CT molecular complexity index is 433. The molecule has 1 heterocycles. The average Bonchev–Trinajstić information content (AvgIpc) is 2.50. The zero-order chi connectivity index (χ0) is 12.3. The van der Waals surface area contributed by atoms with Crippen molar-refractivity contribution < 1.29 is 0 Å². The topological polar surface area (TPSA) is 68.2 Å². The molecule has 6 heteroatoms. The van der Waals surface area contributed by atoms with Gasteiger partial charge in [-0.05, 0) is 39.9 Å². The number of hydrogen-bond acceptors (Lipinski definition) is 3. The van der Waals surface area contributed by atoms with Crippen LogP contribution in [0.1, 0.15) is 30.8 Å². The van der Waals surface area contributed by atoms with Crippen molar-refractivity contribution in [3.05, 3.63) is 17.0 Å². The highest BCUT2D eigenvalue weighted by Crippen LogP contribution is 2.13. The average molecular weight is 239 g/mol. The first-order chi connectivity index (χ1) is 7.47. The maximum Gasteiger partial charge on any atom is 0.184 e. The third-order valence-corrected chi connectivity index (χ3v) is 2.47. The smallest absolute Gasteiger partial charge is 0.184 e. The number of nitrogens with two attached hydrogens (primary N) is 1. The molecule has 3 N–H and O–H groups in total. The predicted molar refractivity (Wildman–Crippen MR) is 69.5 cm³/mol. The van der Waals surface area contributed by atoms with E-state index in [9.17, 15) is 0 Å². The van der Waals surface area contributed by atoms with E-state index < -0.39 is 0 Å². The van der Waals surface area contributed by atoms with Gasteiger partial charge >= 0.3 is 0 Å². The summed E-state index contributed by atoms with van der Waals surface area (Å²) < 4.78 is 1.95. The summed E-state index contributed by atoms with van der Waals surface area (Å²) in [6.45, 7) is 8.81. The summed E-state index contributed by atoms with van der Waals surface area (Å²) in [6.07, 6.45) is 0. The van der Waals surface area contributed by atoms with Crippen LogP contribution in [0.4, 0.5) is 0 Å². The van der Waals surface area contributed by atoms with E-state index in [0.717, 1.165) is 29.2 Å². The molecule has 0 spiro atoms. The Morgan fingerprint density at radius 1 is 1.56 bits per heavy atom. The molecule has 0 aliphatic carbocycles. The second kappa shape index (κ2) is 5.07. The van der Waals surface area contributed by atoms with Gasteiger partial charge in [-0.15, -0.1) is 0 Å². The van der Waals surface area contributed by atoms with Gasteiger partial charge in [-0.3, -0.25) is 10.1 Å². The molecule has 0 aliphatic heterocycles. The summed E-state index contributed by atoms with van der Waals surface area (Å²) >= 11 is 4.70. The quantitative estimate of drug-likeness (QED) is 0.470. The molecule has 0 radical (unpaired) electrons. The molecule has 0 amide bonds. The van der Waals surface area contributed by atoms with Crippen LogP contribution in [0.5, 0.6) is 0 Å². The second-order valence-electron chi connectivity index (χ2n) is 3.53. The zero-order valence-electron chi connectivity index (χ0n) is 10.0. The van der Waals surface area contributed by atoms with Crippen molar-refractivity contribution in [2.75, 3.05) is 0 Å². The predicted octanol–water partition coefficient (Wildman–Crippen LogP) is 1.08. The third kappa shape index (κ3) is 2.57. The summed E-state index contributed by atoms with van der Waals surface area (Å²) in [5, 5.41) is 8.70. The Balaban J connectivity index is 3.08. The summed E-state index contributed by atoms with van der Waals surface area (Å²) in [4.78, 5) is 0. The van der Waals surface area contributed by atoms with E-state index in [2.05, 4.69) is 22.5 Å². The lowest BCUT2D eigenvalue weighted by Crippen LogP contribution is -2.25. The molecule has 0 unspecified atom stereocenters. The molecule has 0 fully saturated rings. The van der Waals surface area contributed by atoms with Gasteiger partial charge in [-0.25, -0.2) is 0 Å². The van der Waals surface area contributed by atoms with Crippen LogP contribution < -0.4 is 11.2 Å². The number of aromatic nitrogens is 2. The van der Waals surface area contributed by atoms with Gasteiger partial charge in [0.25, 0.3) is 0 Å². The van der Waals surface area contributed by atoms with E-state index in [1.165, 1.54) is 0 Å². The second-order valence-corrected chi connectivity index (χ2v) is 3.97. The highest BCUT2D eigenvalue weighted by Gasteiger charge is 2.12. The third-order valence-electron chi connectivity index (χ3n) is 2.38. The van der Waals surface area contributed by atoms with E-state index in [4.69, 9.17) is 18.0 Å². The van der Waals surface area contributed by atoms with E-state index >= 15 is 0 Å². The van der Waals surface area contributed by atoms with Crippen molar-refractivity contribution in [2.45, 2.75) is 34.2 Å². The Labute approximate surface area is 101 Å². The van der Waals surface area contributed by atoms with Crippen LogP contribution in [-0.2, 0) is 6.54 Å². The lowest BCUT2D eigenvalue weighted by Gasteiger charge is -2.03. The Hall–Kier alpha value is -1.43. The van der Waals surface area contributed by atoms with Crippen molar-refractivity contribution in [1.82, 2.24) is 15.2 Å². The van der Waals surface area contributed by atoms with Crippen molar-refractivity contribution in [3.8, 4) is 0 Å². The summed E-state index contributed by atoms with van der Waals surface area (Å²) in [6, 6.07) is 0. The maximum atomic E-state index is 5.32. The molecule has 0 aromatic carbocycles. The number of rotatable bonds is 3. The molecule has 0 aliphatic rings. The Morgan fingerprint density at radius 3 is 2.62 bits per heavy atom. The SMILES string of the molecule is CCn1nc(C)c(C(C)=NNC(N)=S)c1C. The van der Waals surface area contributed by atoms with Gasteiger partial charge in [0.2, 0.25) is 0 Å². The monoisotopic (exact) mass is 239 g/mol. The van der Waals surface area contributed by atoms with Crippen LogP contribution in [0.2, 0.25) is 0 Å². The number of nitrogens with one attached hydrogen (secondary N) is 1. The largest absolute Gasteiger partial charge is 0.375 e. The zero-order valence-corrected chi connectivity index (χ0v) is 10.9. The summed E-state index contributed by atoms with van der Waals surface area (Å²) in [5.74, 6) is 0. The molecule has 5 nitrogen and oxygen atoms in total. The van der Waals surface area contributed by atoms with E-state index in [0.29, 0.717) is 0 Å². The van der Waals surface area contributed by atoms with Crippen LogP contribution in [0.25, 0.3) is 0 Å². The standard InChI is InChI=1S/C10H17N5S/c1-5-15-8(4)9(7(3)14-15)6(2)12-13-10(11)16/h5H2,1-4H3,(H3,11,13,16).